The predicted molar refractivity (Wildman–Crippen MR) is 93.3 cm³/mol. The van der Waals surface area contributed by atoms with Gasteiger partial charge < -0.3 is 5.32 Å². The van der Waals surface area contributed by atoms with Crippen molar-refractivity contribution < 1.29 is 4.39 Å². The van der Waals surface area contributed by atoms with Crippen LogP contribution in [0.5, 0.6) is 0 Å². The smallest absolute Gasteiger partial charge is 0.148 e. The fraction of sp³-hybridized carbons (Fsp3) is 0.474. The minimum atomic E-state index is -0.211. The molecule has 2 bridgehead atoms. The molecule has 4 nitrogen and oxygen atoms in total. The van der Waals surface area contributed by atoms with E-state index in [9.17, 15) is 4.39 Å². The number of anilines is 1. The van der Waals surface area contributed by atoms with Crippen LogP contribution >= 0.6 is 0 Å². The second-order valence-corrected chi connectivity index (χ2v) is 7.05. The van der Waals surface area contributed by atoms with Crippen LogP contribution in [0.4, 0.5) is 10.2 Å². The summed E-state index contributed by atoms with van der Waals surface area (Å²) in [6, 6.07) is 9.99. The van der Waals surface area contributed by atoms with Crippen molar-refractivity contribution >= 4 is 5.82 Å². The maximum Gasteiger partial charge on any atom is 0.148 e. The summed E-state index contributed by atoms with van der Waals surface area (Å²) in [6.45, 7) is 6.48. The van der Waals surface area contributed by atoms with E-state index in [1.165, 1.54) is 32.0 Å². The number of hydrogen-bond acceptors (Lipinski definition) is 4. The Bertz CT molecular complexity index is 721. The number of halogens is 1. The van der Waals surface area contributed by atoms with E-state index in [-0.39, 0.29) is 5.82 Å². The maximum absolute atomic E-state index is 13.7. The van der Waals surface area contributed by atoms with Crippen LogP contribution in [0, 0.1) is 18.7 Å². The van der Waals surface area contributed by atoms with Crippen molar-refractivity contribution in [3.05, 3.63) is 41.7 Å². The molecule has 1 aromatic heterocycles. The van der Waals surface area contributed by atoms with E-state index in [4.69, 9.17) is 0 Å². The Kier molecular flexibility index (Phi) is 3.96. The maximum atomic E-state index is 13.7. The minimum absolute atomic E-state index is 0.211. The van der Waals surface area contributed by atoms with Gasteiger partial charge in [0.2, 0.25) is 0 Å². The van der Waals surface area contributed by atoms with E-state index >= 15 is 0 Å². The number of aryl methyl sites for hydroxylation is 1. The molecule has 3 saturated heterocycles. The Morgan fingerprint density at radius 1 is 1.12 bits per heavy atom. The van der Waals surface area contributed by atoms with Crippen molar-refractivity contribution in [2.75, 3.05) is 18.4 Å². The van der Waals surface area contributed by atoms with Crippen molar-refractivity contribution in [2.45, 2.75) is 38.8 Å². The van der Waals surface area contributed by atoms with Crippen molar-refractivity contribution in [1.82, 2.24) is 15.1 Å². The molecule has 0 spiro atoms. The molecule has 5 heteroatoms. The van der Waals surface area contributed by atoms with Crippen LogP contribution in [0.1, 0.15) is 25.3 Å². The van der Waals surface area contributed by atoms with E-state index < -0.39 is 0 Å². The lowest BCUT2D eigenvalue weighted by atomic mass is 9.79. The first-order valence-electron chi connectivity index (χ1n) is 8.72. The number of hydrogen-bond donors (Lipinski definition) is 1. The van der Waals surface area contributed by atoms with Gasteiger partial charge >= 0.3 is 0 Å². The quantitative estimate of drug-likeness (QED) is 0.937. The lowest BCUT2D eigenvalue weighted by molar-refractivity contribution is 0.0457. The van der Waals surface area contributed by atoms with Gasteiger partial charge in [0.05, 0.1) is 5.69 Å². The van der Waals surface area contributed by atoms with Gasteiger partial charge in [-0.3, -0.25) is 4.90 Å². The Morgan fingerprint density at radius 2 is 1.92 bits per heavy atom. The number of piperidine rings is 3. The molecule has 1 aromatic carbocycles. The van der Waals surface area contributed by atoms with Gasteiger partial charge in [0, 0.05) is 17.6 Å². The Morgan fingerprint density at radius 3 is 2.54 bits per heavy atom. The zero-order chi connectivity index (χ0) is 16.7. The number of rotatable bonds is 3. The molecule has 4 heterocycles. The van der Waals surface area contributed by atoms with Gasteiger partial charge in [0.25, 0.3) is 0 Å². The lowest BCUT2D eigenvalue weighted by Crippen LogP contribution is -2.59. The summed E-state index contributed by atoms with van der Waals surface area (Å²) in [4.78, 5) is 2.55. The van der Waals surface area contributed by atoms with E-state index in [2.05, 4.69) is 27.3 Å². The van der Waals surface area contributed by atoms with Crippen molar-refractivity contribution in [3.63, 3.8) is 0 Å². The monoisotopic (exact) mass is 326 g/mol. The third kappa shape index (κ3) is 2.77. The highest BCUT2D eigenvalue weighted by molar-refractivity contribution is 5.60. The predicted octanol–water partition coefficient (Wildman–Crippen LogP) is 3.49. The number of nitrogens with zero attached hydrogens (tertiary/aromatic N) is 3. The third-order valence-corrected chi connectivity index (χ3v) is 5.62. The van der Waals surface area contributed by atoms with Gasteiger partial charge in [-0.2, -0.15) is 0 Å². The molecule has 0 aliphatic carbocycles. The van der Waals surface area contributed by atoms with Gasteiger partial charge in [-0.15, -0.1) is 10.2 Å². The molecular formula is C19H23FN4. The van der Waals surface area contributed by atoms with Crippen LogP contribution in [0.25, 0.3) is 11.3 Å². The number of nitrogens with one attached hydrogen (secondary N) is 1. The summed E-state index contributed by atoms with van der Waals surface area (Å²) >= 11 is 0. The highest BCUT2D eigenvalue weighted by Crippen LogP contribution is 2.33. The summed E-state index contributed by atoms with van der Waals surface area (Å²) in [5.74, 6) is 1.31. The molecule has 3 aliphatic heterocycles. The largest absolute Gasteiger partial charge is 0.364 e. The molecule has 0 saturated carbocycles. The van der Waals surface area contributed by atoms with Gasteiger partial charge in [-0.25, -0.2) is 4.39 Å². The van der Waals surface area contributed by atoms with Crippen LogP contribution in [-0.2, 0) is 0 Å². The molecule has 126 valence electrons. The second-order valence-electron chi connectivity index (χ2n) is 7.05. The van der Waals surface area contributed by atoms with Crippen LogP contribution < -0.4 is 5.32 Å². The van der Waals surface area contributed by atoms with E-state index in [0.29, 0.717) is 23.3 Å². The van der Waals surface area contributed by atoms with Crippen LogP contribution in [0.2, 0.25) is 0 Å². The molecule has 24 heavy (non-hydrogen) atoms. The summed E-state index contributed by atoms with van der Waals surface area (Å²) in [5.41, 5.74) is 2.09. The van der Waals surface area contributed by atoms with Crippen LogP contribution in [0.15, 0.2) is 30.3 Å². The van der Waals surface area contributed by atoms with Crippen molar-refractivity contribution in [3.8, 4) is 11.3 Å². The molecule has 2 atom stereocenters. The Labute approximate surface area is 142 Å². The summed E-state index contributed by atoms with van der Waals surface area (Å²) in [7, 11) is 0. The van der Waals surface area contributed by atoms with Gasteiger partial charge in [0.1, 0.15) is 11.6 Å². The van der Waals surface area contributed by atoms with Crippen molar-refractivity contribution in [2.24, 2.45) is 5.92 Å². The number of fused-ring (bicyclic) bond motifs is 3. The third-order valence-electron chi connectivity index (χ3n) is 5.62. The SMILES string of the molecule is Cc1ccc(-c2ccc(N[C@H]3C4CCN(CC4)[C@@H]3C)nn2)cc1F. The summed E-state index contributed by atoms with van der Waals surface area (Å²) in [6.07, 6.45) is 2.52. The average molecular weight is 326 g/mol. The Balaban J connectivity index is 1.50. The molecule has 5 rings (SSSR count). The van der Waals surface area contributed by atoms with Gasteiger partial charge in [-0.1, -0.05) is 12.1 Å². The first-order chi connectivity index (χ1) is 11.6. The second kappa shape index (κ2) is 6.13. The first kappa shape index (κ1) is 15.5. The molecule has 3 aliphatic rings. The topological polar surface area (TPSA) is 41.0 Å². The lowest BCUT2D eigenvalue weighted by Gasteiger charge is -2.50. The fourth-order valence-corrected chi connectivity index (χ4v) is 4.03. The zero-order valence-corrected chi connectivity index (χ0v) is 14.2. The fourth-order valence-electron chi connectivity index (χ4n) is 4.03. The first-order valence-corrected chi connectivity index (χ1v) is 8.72. The molecular weight excluding hydrogens is 303 g/mol. The highest BCUT2D eigenvalue weighted by Gasteiger charge is 2.39. The molecule has 3 fully saturated rings. The van der Waals surface area contributed by atoms with E-state index in [1.807, 2.05) is 18.2 Å². The molecule has 0 amide bonds. The standard InChI is InChI=1S/C19H23FN4/c1-12-3-4-15(11-16(12)20)17-5-6-18(23-22-17)21-19-13(2)24-9-7-14(19)8-10-24/h3-6,11,13-14,19H,7-10H2,1-2H3,(H,21,23)/t13-,19-/m1/s1. The average Bonchev–Trinajstić information content (AvgIpc) is 2.61. The normalized spacial score (nSPS) is 28.8. The highest BCUT2D eigenvalue weighted by atomic mass is 19.1. The molecule has 1 N–H and O–H groups in total. The number of benzene rings is 1. The van der Waals surface area contributed by atoms with Gasteiger partial charge in [0.15, 0.2) is 0 Å². The molecule has 0 unspecified atom stereocenters. The summed E-state index contributed by atoms with van der Waals surface area (Å²) in [5, 5.41) is 12.2. The summed E-state index contributed by atoms with van der Waals surface area (Å²) < 4.78 is 13.7. The van der Waals surface area contributed by atoms with Gasteiger partial charge in [-0.05, 0) is 69.5 Å². The minimum Gasteiger partial charge on any atom is -0.364 e. The van der Waals surface area contributed by atoms with Crippen LogP contribution in [0.3, 0.4) is 0 Å². The van der Waals surface area contributed by atoms with Crippen molar-refractivity contribution in [1.29, 1.82) is 0 Å². The molecule has 0 radical (unpaired) electrons. The van der Waals surface area contributed by atoms with E-state index in [1.54, 1.807) is 13.0 Å². The Hall–Kier alpha value is -2.01. The number of aromatic nitrogens is 2. The molecule has 2 aromatic rings. The van der Waals surface area contributed by atoms with E-state index in [0.717, 1.165) is 17.3 Å². The van der Waals surface area contributed by atoms with Crippen LogP contribution in [-0.4, -0.2) is 40.3 Å². The zero-order valence-electron chi connectivity index (χ0n) is 14.2.